The molecule has 1 heterocycles. The van der Waals surface area contributed by atoms with Crippen LogP contribution < -0.4 is 10.6 Å². The van der Waals surface area contributed by atoms with Crippen LogP contribution in [-0.4, -0.2) is 70.5 Å². The van der Waals surface area contributed by atoms with Crippen LogP contribution in [0.4, 0.5) is 4.39 Å². The van der Waals surface area contributed by atoms with Crippen molar-refractivity contribution in [3.05, 3.63) is 35.6 Å². The highest BCUT2D eigenvalue weighted by molar-refractivity contribution is 14.0. The van der Waals surface area contributed by atoms with Crippen LogP contribution in [-0.2, 0) is 9.47 Å². The minimum Gasteiger partial charge on any atom is -0.382 e. The Kier molecular flexibility index (Phi) is 12.6. The van der Waals surface area contributed by atoms with Gasteiger partial charge in [-0.1, -0.05) is 12.1 Å². The molecule has 27 heavy (non-hydrogen) atoms. The van der Waals surface area contributed by atoms with E-state index in [9.17, 15) is 4.39 Å². The van der Waals surface area contributed by atoms with E-state index in [1.165, 1.54) is 12.1 Å². The zero-order valence-electron chi connectivity index (χ0n) is 16.2. The van der Waals surface area contributed by atoms with Crippen molar-refractivity contribution in [3.8, 4) is 0 Å². The first kappa shape index (κ1) is 24.1. The fourth-order valence-electron chi connectivity index (χ4n) is 2.97. The minimum absolute atomic E-state index is 0. The molecule has 1 aliphatic heterocycles. The van der Waals surface area contributed by atoms with Gasteiger partial charge >= 0.3 is 0 Å². The lowest BCUT2D eigenvalue weighted by molar-refractivity contribution is 0.0170. The Bertz CT molecular complexity index is 539. The van der Waals surface area contributed by atoms with E-state index in [4.69, 9.17) is 9.47 Å². The summed E-state index contributed by atoms with van der Waals surface area (Å²) >= 11 is 0. The SMILES string of the molecule is CCOCCCNC(=NC)NCC(c1ccc(F)cc1)N1CCOCC1.I. The summed E-state index contributed by atoms with van der Waals surface area (Å²) in [5.41, 5.74) is 1.09. The minimum atomic E-state index is -0.214. The van der Waals surface area contributed by atoms with Crippen LogP contribution in [0.25, 0.3) is 0 Å². The molecule has 1 atom stereocenters. The third kappa shape index (κ3) is 8.71. The lowest BCUT2D eigenvalue weighted by atomic mass is 10.0. The summed E-state index contributed by atoms with van der Waals surface area (Å²) in [6.45, 7) is 8.15. The summed E-state index contributed by atoms with van der Waals surface area (Å²) in [7, 11) is 1.76. The number of ether oxygens (including phenoxy) is 2. The van der Waals surface area contributed by atoms with Crippen molar-refractivity contribution in [1.29, 1.82) is 0 Å². The normalized spacial score (nSPS) is 16.5. The summed E-state index contributed by atoms with van der Waals surface area (Å²) in [6, 6.07) is 6.89. The number of nitrogens with one attached hydrogen (secondary N) is 2. The highest BCUT2D eigenvalue weighted by atomic mass is 127. The lowest BCUT2D eigenvalue weighted by Gasteiger charge is -2.35. The van der Waals surface area contributed by atoms with E-state index in [0.29, 0.717) is 6.54 Å². The fourth-order valence-corrected chi connectivity index (χ4v) is 2.97. The maximum atomic E-state index is 13.3. The number of aliphatic imine (C=N–C) groups is 1. The molecule has 1 saturated heterocycles. The molecule has 6 nitrogen and oxygen atoms in total. The lowest BCUT2D eigenvalue weighted by Crippen LogP contribution is -2.46. The van der Waals surface area contributed by atoms with Gasteiger partial charge < -0.3 is 20.1 Å². The Labute approximate surface area is 178 Å². The van der Waals surface area contributed by atoms with Gasteiger partial charge in [0.1, 0.15) is 5.82 Å². The average Bonchev–Trinajstić information content (AvgIpc) is 2.68. The van der Waals surface area contributed by atoms with Gasteiger partial charge in [0.25, 0.3) is 0 Å². The van der Waals surface area contributed by atoms with Crippen molar-refractivity contribution >= 4 is 29.9 Å². The van der Waals surface area contributed by atoms with E-state index in [-0.39, 0.29) is 35.8 Å². The monoisotopic (exact) mass is 494 g/mol. The first-order valence-corrected chi connectivity index (χ1v) is 9.34. The molecule has 0 amide bonds. The molecule has 1 aliphatic rings. The second-order valence-corrected chi connectivity index (χ2v) is 6.15. The molecule has 1 aromatic rings. The number of nitrogens with zero attached hydrogens (tertiary/aromatic N) is 2. The first-order chi connectivity index (χ1) is 12.7. The van der Waals surface area contributed by atoms with Crippen LogP contribution in [0, 0.1) is 5.82 Å². The number of rotatable bonds is 9. The van der Waals surface area contributed by atoms with E-state index in [1.807, 2.05) is 19.1 Å². The van der Waals surface area contributed by atoms with Crippen LogP contribution in [0.1, 0.15) is 24.9 Å². The molecule has 0 radical (unpaired) electrons. The molecule has 0 aliphatic carbocycles. The summed E-state index contributed by atoms with van der Waals surface area (Å²) in [6.07, 6.45) is 0.930. The highest BCUT2D eigenvalue weighted by Crippen LogP contribution is 2.21. The van der Waals surface area contributed by atoms with Gasteiger partial charge in [-0.15, -0.1) is 24.0 Å². The maximum absolute atomic E-state index is 13.3. The summed E-state index contributed by atoms with van der Waals surface area (Å²) < 4.78 is 24.1. The van der Waals surface area contributed by atoms with E-state index >= 15 is 0 Å². The van der Waals surface area contributed by atoms with Gasteiger partial charge in [0.2, 0.25) is 0 Å². The smallest absolute Gasteiger partial charge is 0.191 e. The number of benzene rings is 1. The number of halogens is 2. The molecule has 0 spiro atoms. The number of morpholine rings is 1. The largest absolute Gasteiger partial charge is 0.382 e. The van der Waals surface area contributed by atoms with Gasteiger partial charge in [-0.2, -0.15) is 0 Å². The molecule has 8 heteroatoms. The standard InChI is InChI=1S/C19H31FN4O2.HI/c1-3-25-12-4-9-22-19(21-2)23-15-18(24-10-13-26-14-11-24)16-5-7-17(20)8-6-16;/h5-8,18H,3-4,9-15H2,1-2H3,(H2,21,22,23);1H. The van der Waals surface area contributed by atoms with Crippen molar-refractivity contribution in [3.63, 3.8) is 0 Å². The van der Waals surface area contributed by atoms with E-state index in [0.717, 1.165) is 64.0 Å². The van der Waals surface area contributed by atoms with Crippen molar-refractivity contribution in [1.82, 2.24) is 15.5 Å². The highest BCUT2D eigenvalue weighted by Gasteiger charge is 2.22. The molecule has 2 N–H and O–H groups in total. The zero-order valence-corrected chi connectivity index (χ0v) is 18.6. The topological polar surface area (TPSA) is 58.1 Å². The molecular weight excluding hydrogens is 462 g/mol. The van der Waals surface area contributed by atoms with Crippen molar-refractivity contribution in [2.45, 2.75) is 19.4 Å². The van der Waals surface area contributed by atoms with Crippen LogP contribution in [0.15, 0.2) is 29.3 Å². The molecule has 1 unspecified atom stereocenters. The first-order valence-electron chi connectivity index (χ1n) is 9.34. The third-order valence-electron chi connectivity index (χ3n) is 4.39. The van der Waals surface area contributed by atoms with E-state index in [1.54, 1.807) is 7.05 Å². The van der Waals surface area contributed by atoms with E-state index < -0.39 is 0 Å². The summed E-state index contributed by atoms with van der Waals surface area (Å²) in [5, 5.41) is 6.70. The molecule has 154 valence electrons. The third-order valence-corrected chi connectivity index (χ3v) is 4.39. The van der Waals surface area contributed by atoms with Crippen LogP contribution >= 0.6 is 24.0 Å². The Morgan fingerprint density at radius 2 is 1.96 bits per heavy atom. The van der Waals surface area contributed by atoms with Gasteiger partial charge in [-0.25, -0.2) is 4.39 Å². The molecule has 1 fully saturated rings. The predicted octanol–water partition coefficient (Wildman–Crippen LogP) is 2.41. The second-order valence-electron chi connectivity index (χ2n) is 6.15. The van der Waals surface area contributed by atoms with Gasteiger partial charge in [-0.05, 0) is 31.0 Å². The molecule has 0 aromatic heterocycles. The molecule has 1 aromatic carbocycles. The van der Waals surface area contributed by atoms with Crippen molar-refractivity contribution in [2.24, 2.45) is 4.99 Å². The molecule has 0 saturated carbocycles. The van der Waals surface area contributed by atoms with Crippen LogP contribution in [0.3, 0.4) is 0 Å². The zero-order chi connectivity index (χ0) is 18.6. The summed E-state index contributed by atoms with van der Waals surface area (Å²) in [5.74, 6) is 0.552. The number of guanidine groups is 1. The number of hydrogen-bond donors (Lipinski definition) is 2. The predicted molar refractivity (Wildman–Crippen MR) is 117 cm³/mol. The number of hydrogen-bond acceptors (Lipinski definition) is 4. The van der Waals surface area contributed by atoms with Crippen LogP contribution in [0.5, 0.6) is 0 Å². The quantitative estimate of drug-likeness (QED) is 0.239. The maximum Gasteiger partial charge on any atom is 0.191 e. The fraction of sp³-hybridized carbons (Fsp3) is 0.632. The summed E-state index contributed by atoms with van der Waals surface area (Å²) in [4.78, 5) is 6.65. The van der Waals surface area contributed by atoms with Gasteiger partial charge in [0.05, 0.1) is 19.3 Å². The Balaban J connectivity index is 0.00000364. The Hall–Kier alpha value is -0.970. The van der Waals surface area contributed by atoms with Crippen molar-refractivity contribution in [2.75, 3.05) is 59.7 Å². The van der Waals surface area contributed by atoms with Gasteiger partial charge in [-0.3, -0.25) is 9.89 Å². The van der Waals surface area contributed by atoms with E-state index in [2.05, 4.69) is 20.5 Å². The van der Waals surface area contributed by atoms with Gasteiger partial charge in [0.15, 0.2) is 5.96 Å². The van der Waals surface area contributed by atoms with Gasteiger partial charge in [0, 0.05) is 46.4 Å². The Morgan fingerprint density at radius 1 is 1.26 bits per heavy atom. The average molecular weight is 494 g/mol. The van der Waals surface area contributed by atoms with Crippen LogP contribution in [0.2, 0.25) is 0 Å². The molecule has 0 bridgehead atoms. The molecular formula is C19H32FIN4O2. The molecule has 2 rings (SSSR count). The second kappa shape index (κ2) is 14.1. The van der Waals surface area contributed by atoms with Crippen molar-refractivity contribution < 1.29 is 13.9 Å². The Morgan fingerprint density at radius 3 is 2.59 bits per heavy atom.